The predicted octanol–water partition coefficient (Wildman–Crippen LogP) is 8.16. The van der Waals surface area contributed by atoms with Crippen molar-refractivity contribution >= 4 is 36.9 Å². The predicted molar refractivity (Wildman–Crippen MR) is 140 cm³/mol. The van der Waals surface area contributed by atoms with Crippen LogP contribution in [-0.2, 0) is 12.0 Å². The number of aromatic nitrogens is 1. The van der Waals surface area contributed by atoms with Crippen LogP contribution in [0.15, 0.2) is 84.6 Å². The zero-order valence-corrected chi connectivity index (χ0v) is 20.5. The van der Waals surface area contributed by atoms with Crippen LogP contribution in [-0.4, -0.2) is 4.98 Å². The summed E-state index contributed by atoms with van der Waals surface area (Å²) in [6.45, 7) is 7.26. The molecule has 0 amide bonds. The number of benzene rings is 2. The van der Waals surface area contributed by atoms with Gasteiger partial charge in [-0.05, 0) is 93.3 Å². The third-order valence-electron chi connectivity index (χ3n) is 5.50. The molecule has 1 heterocycles. The highest BCUT2D eigenvalue weighted by molar-refractivity contribution is 14.1. The van der Waals surface area contributed by atoms with E-state index in [1.54, 1.807) is 0 Å². The fourth-order valence-corrected chi connectivity index (χ4v) is 4.45. The van der Waals surface area contributed by atoms with Gasteiger partial charge in [-0.25, -0.2) is 0 Å². The summed E-state index contributed by atoms with van der Waals surface area (Å²) in [7, 11) is 0. The van der Waals surface area contributed by atoms with Crippen LogP contribution in [0, 0.1) is 0 Å². The molecule has 0 saturated carbocycles. The first-order valence-electron chi connectivity index (χ1n) is 10.8. The van der Waals surface area contributed by atoms with Gasteiger partial charge in [0.1, 0.15) is 12.4 Å². The van der Waals surface area contributed by atoms with E-state index in [9.17, 15) is 0 Å². The number of ether oxygens (including phenoxy) is 1. The van der Waals surface area contributed by atoms with E-state index in [2.05, 4.69) is 109 Å². The van der Waals surface area contributed by atoms with E-state index < -0.39 is 0 Å². The molecule has 3 heteroatoms. The first kappa shape index (κ1) is 21.8. The summed E-state index contributed by atoms with van der Waals surface area (Å²) in [6.07, 6.45) is 13.0. The largest absolute Gasteiger partial charge is 0.489 e. The molecule has 4 rings (SSSR count). The monoisotopic (exact) mass is 521 g/mol. The number of hydrogen-bond donors (Lipinski definition) is 0. The summed E-state index contributed by atoms with van der Waals surface area (Å²) in [5, 5.41) is 2.28. The van der Waals surface area contributed by atoms with E-state index >= 15 is 0 Å². The molecule has 1 aliphatic rings. The second-order valence-corrected chi connectivity index (χ2v) is 10.1. The minimum absolute atomic E-state index is 0.166. The molecule has 3 aromatic rings. The molecule has 31 heavy (non-hydrogen) atoms. The van der Waals surface area contributed by atoms with Gasteiger partial charge in [-0.3, -0.25) is 4.98 Å². The molecule has 1 aromatic heterocycles. The molecule has 0 radical (unpaired) electrons. The Morgan fingerprint density at radius 1 is 1.06 bits per heavy atom. The molecule has 0 bridgehead atoms. The Balaban J connectivity index is 1.52. The van der Waals surface area contributed by atoms with Crippen molar-refractivity contribution in [2.75, 3.05) is 0 Å². The maximum atomic E-state index is 6.09. The van der Waals surface area contributed by atoms with E-state index in [0.29, 0.717) is 6.61 Å². The first-order valence-corrected chi connectivity index (χ1v) is 11.8. The van der Waals surface area contributed by atoms with Crippen molar-refractivity contribution in [3.05, 3.63) is 101 Å². The van der Waals surface area contributed by atoms with E-state index in [0.717, 1.165) is 38.6 Å². The summed E-state index contributed by atoms with van der Waals surface area (Å²) >= 11 is 2.39. The van der Waals surface area contributed by atoms with Gasteiger partial charge in [-0.15, -0.1) is 0 Å². The van der Waals surface area contributed by atoms with Gasteiger partial charge in [0.2, 0.25) is 0 Å². The van der Waals surface area contributed by atoms with Gasteiger partial charge >= 0.3 is 0 Å². The second kappa shape index (κ2) is 9.39. The van der Waals surface area contributed by atoms with E-state index in [1.807, 2.05) is 18.3 Å². The molecule has 0 saturated heterocycles. The molecule has 2 nitrogen and oxygen atoms in total. The van der Waals surface area contributed by atoms with Gasteiger partial charge in [0.25, 0.3) is 0 Å². The summed E-state index contributed by atoms with van der Waals surface area (Å²) in [6, 6.07) is 17.0. The van der Waals surface area contributed by atoms with Crippen molar-refractivity contribution in [1.29, 1.82) is 0 Å². The lowest BCUT2D eigenvalue weighted by Crippen LogP contribution is -2.10. The van der Waals surface area contributed by atoms with Crippen LogP contribution >= 0.6 is 22.6 Å². The molecular weight excluding hydrogens is 493 g/mol. The van der Waals surface area contributed by atoms with Crippen molar-refractivity contribution in [2.24, 2.45) is 0 Å². The number of nitrogens with zero attached hydrogens (tertiary/aromatic N) is 1. The van der Waals surface area contributed by atoms with E-state index in [-0.39, 0.29) is 5.41 Å². The van der Waals surface area contributed by atoms with Crippen LogP contribution in [0.25, 0.3) is 14.4 Å². The highest BCUT2D eigenvalue weighted by Crippen LogP contribution is 2.31. The fourth-order valence-electron chi connectivity index (χ4n) is 3.66. The molecule has 0 fully saturated rings. The molecule has 2 aromatic carbocycles. The summed E-state index contributed by atoms with van der Waals surface area (Å²) in [4.78, 5) is 4.66. The van der Waals surface area contributed by atoms with Crippen LogP contribution in [0.4, 0.5) is 0 Å². The number of fused-ring (bicyclic) bond motifs is 1. The van der Waals surface area contributed by atoms with Crippen LogP contribution in [0.5, 0.6) is 5.75 Å². The maximum absolute atomic E-state index is 6.09. The highest BCUT2D eigenvalue weighted by Gasteiger charge is 2.13. The maximum Gasteiger partial charge on any atom is 0.120 e. The van der Waals surface area contributed by atoms with Gasteiger partial charge in [0.05, 0.1) is 5.69 Å². The molecular formula is C28H28INO. The average Bonchev–Trinajstić information content (AvgIpc) is 2.77. The van der Waals surface area contributed by atoms with Crippen LogP contribution in [0.3, 0.4) is 0 Å². The molecule has 0 unspecified atom stereocenters. The smallest absolute Gasteiger partial charge is 0.120 e. The number of halogens is 1. The third kappa shape index (κ3) is 5.45. The summed E-state index contributed by atoms with van der Waals surface area (Å²) in [5.41, 5.74) is 4.95. The van der Waals surface area contributed by atoms with Crippen molar-refractivity contribution in [1.82, 2.24) is 4.98 Å². The molecule has 0 spiro atoms. The van der Waals surface area contributed by atoms with Gasteiger partial charge in [0, 0.05) is 15.2 Å². The molecule has 1 aliphatic carbocycles. The number of allylic oxidation sites excluding steroid dienone is 5. The normalized spacial score (nSPS) is 14.6. The van der Waals surface area contributed by atoms with Crippen LogP contribution in [0.1, 0.15) is 50.4 Å². The lowest BCUT2D eigenvalue weighted by molar-refractivity contribution is 0.306. The Morgan fingerprint density at radius 3 is 2.58 bits per heavy atom. The number of rotatable bonds is 5. The number of hydrogen-bond acceptors (Lipinski definition) is 2. The SMILES string of the molecule is CC(C)(C)c1ccc(COc2ccc3c(C(I)=CC4=CCCC=C4)nccc3c2)cc1. The highest BCUT2D eigenvalue weighted by atomic mass is 127. The van der Waals surface area contributed by atoms with Crippen molar-refractivity contribution in [2.45, 2.75) is 45.6 Å². The zero-order chi connectivity index (χ0) is 21.8. The first-order chi connectivity index (χ1) is 14.9. The Morgan fingerprint density at radius 2 is 1.87 bits per heavy atom. The van der Waals surface area contributed by atoms with Gasteiger partial charge in [-0.1, -0.05) is 63.3 Å². The molecule has 158 valence electrons. The Bertz CT molecular complexity index is 1160. The number of pyridine rings is 1. The van der Waals surface area contributed by atoms with E-state index in [4.69, 9.17) is 4.74 Å². The lowest BCUT2D eigenvalue weighted by Gasteiger charge is -2.19. The summed E-state index contributed by atoms with van der Waals surface area (Å²) in [5.74, 6) is 0.876. The van der Waals surface area contributed by atoms with Crippen LogP contribution < -0.4 is 4.74 Å². The van der Waals surface area contributed by atoms with Crippen molar-refractivity contribution in [3.8, 4) is 5.75 Å². The van der Waals surface area contributed by atoms with Gasteiger partial charge in [-0.2, -0.15) is 0 Å². The van der Waals surface area contributed by atoms with Crippen molar-refractivity contribution < 1.29 is 4.74 Å². The minimum Gasteiger partial charge on any atom is -0.489 e. The molecule has 0 N–H and O–H groups in total. The van der Waals surface area contributed by atoms with E-state index in [1.165, 1.54) is 16.7 Å². The standard InChI is InChI=1S/C28H28INO/c1-28(2,3)23-11-9-21(10-12-23)19-31-24-13-14-25-22(18-24)15-16-30-27(25)26(29)17-20-7-5-4-6-8-20/h5,7-18H,4,6,19H2,1-3H3. The Hall–Kier alpha value is -2.40. The average molecular weight is 521 g/mol. The third-order valence-corrected chi connectivity index (χ3v) is 6.33. The zero-order valence-electron chi connectivity index (χ0n) is 18.4. The fraction of sp³-hybridized carbons (Fsp3) is 0.250. The topological polar surface area (TPSA) is 22.1 Å². The van der Waals surface area contributed by atoms with Crippen molar-refractivity contribution in [3.63, 3.8) is 0 Å². The minimum atomic E-state index is 0.166. The van der Waals surface area contributed by atoms with Gasteiger partial charge in [0.15, 0.2) is 0 Å². The molecule has 0 aliphatic heterocycles. The lowest BCUT2D eigenvalue weighted by atomic mass is 9.87. The quantitative estimate of drug-likeness (QED) is 0.316. The van der Waals surface area contributed by atoms with Crippen LogP contribution in [0.2, 0.25) is 0 Å². The molecule has 0 atom stereocenters. The summed E-state index contributed by atoms with van der Waals surface area (Å²) < 4.78 is 7.24. The Kier molecular flexibility index (Phi) is 6.61. The van der Waals surface area contributed by atoms with Gasteiger partial charge < -0.3 is 4.74 Å². The second-order valence-electron chi connectivity index (χ2n) is 8.95. The Labute approximate surface area is 198 Å².